The van der Waals surface area contributed by atoms with Gasteiger partial charge in [0, 0.05) is 0 Å². The van der Waals surface area contributed by atoms with Crippen LogP contribution in [0.25, 0.3) is 0 Å². The Hall–Kier alpha value is -1.35. The van der Waals surface area contributed by atoms with Gasteiger partial charge in [0.1, 0.15) is 0 Å². The summed E-state index contributed by atoms with van der Waals surface area (Å²) >= 11 is 0. The molecule has 1 saturated carbocycles. The van der Waals surface area contributed by atoms with Crippen LogP contribution in [-0.4, -0.2) is 18.5 Å². The Morgan fingerprint density at radius 1 is 1.32 bits per heavy atom. The predicted octanol–water partition coefficient (Wildman–Crippen LogP) is 2.64. The third kappa shape index (κ3) is 4.06. The monoisotopic (exact) mass is 260 g/mol. The largest absolute Gasteiger partial charge is 0.348 e. The molecule has 0 radical (unpaired) electrons. The van der Waals surface area contributed by atoms with Gasteiger partial charge in [0.25, 0.3) is 0 Å². The maximum Gasteiger partial charge on any atom is 0.237 e. The van der Waals surface area contributed by atoms with Crippen LogP contribution in [0, 0.1) is 5.92 Å². The van der Waals surface area contributed by atoms with Crippen LogP contribution in [0.1, 0.15) is 44.7 Å². The van der Waals surface area contributed by atoms with Crippen LogP contribution < -0.4 is 10.6 Å². The fourth-order valence-electron chi connectivity index (χ4n) is 2.30. The second-order valence-electron chi connectivity index (χ2n) is 5.41. The Labute approximate surface area is 115 Å². The van der Waals surface area contributed by atoms with Crippen molar-refractivity contribution in [1.82, 2.24) is 10.6 Å². The van der Waals surface area contributed by atoms with Gasteiger partial charge in [-0.1, -0.05) is 37.3 Å². The van der Waals surface area contributed by atoms with E-state index in [9.17, 15) is 4.79 Å². The summed E-state index contributed by atoms with van der Waals surface area (Å²) in [4.78, 5) is 12.2. The maximum atomic E-state index is 12.2. The summed E-state index contributed by atoms with van der Waals surface area (Å²) in [5.74, 6) is 0.721. The maximum absolute atomic E-state index is 12.2. The van der Waals surface area contributed by atoms with Gasteiger partial charge >= 0.3 is 0 Å². The van der Waals surface area contributed by atoms with Crippen molar-refractivity contribution < 1.29 is 4.79 Å². The lowest BCUT2D eigenvalue weighted by Gasteiger charge is -2.22. The summed E-state index contributed by atoms with van der Waals surface area (Å²) in [5.41, 5.74) is 1.22. The Balaban J connectivity index is 1.96. The van der Waals surface area contributed by atoms with Gasteiger partial charge in [0.05, 0.1) is 12.1 Å². The van der Waals surface area contributed by atoms with E-state index >= 15 is 0 Å². The molecule has 0 bridgehead atoms. The van der Waals surface area contributed by atoms with E-state index in [1.165, 1.54) is 18.4 Å². The Morgan fingerprint density at radius 2 is 2.00 bits per heavy atom. The number of benzene rings is 1. The van der Waals surface area contributed by atoms with Crippen LogP contribution in [0.15, 0.2) is 30.3 Å². The predicted molar refractivity (Wildman–Crippen MR) is 77.8 cm³/mol. The molecule has 3 nitrogen and oxygen atoms in total. The van der Waals surface area contributed by atoms with Gasteiger partial charge < -0.3 is 10.6 Å². The van der Waals surface area contributed by atoms with Gasteiger partial charge in [-0.05, 0) is 44.2 Å². The molecule has 1 amide bonds. The summed E-state index contributed by atoms with van der Waals surface area (Å²) in [7, 11) is 0. The Bertz CT molecular complexity index is 400. The van der Waals surface area contributed by atoms with E-state index in [-0.39, 0.29) is 18.0 Å². The van der Waals surface area contributed by atoms with Crippen molar-refractivity contribution in [3.63, 3.8) is 0 Å². The lowest BCUT2D eigenvalue weighted by Crippen LogP contribution is -2.44. The molecule has 104 valence electrons. The van der Waals surface area contributed by atoms with E-state index in [0.29, 0.717) is 5.92 Å². The van der Waals surface area contributed by atoms with Gasteiger partial charge in [0.15, 0.2) is 0 Å². The number of hydrogen-bond acceptors (Lipinski definition) is 2. The fraction of sp³-hybridized carbons (Fsp3) is 0.562. The molecule has 1 aliphatic carbocycles. The fourth-order valence-corrected chi connectivity index (χ4v) is 2.30. The van der Waals surface area contributed by atoms with Crippen LogP contribution >= 0.6 is 0 Å². The Morgan fingerprint density at radius 3 is 2.58 bits per heavy atom. The van der Waals surface area contributed by atoms with Gasteiger partial charge in [0.2, 0.25) is 5.91 Å². The highest BCUT2D eigenvalue weighted by molar-refractivity contribution is 5.81. The number of amides is 1. The van der Waals surface area contributed by atoms with E-state index < -0.39 is 0 Å². The minimum absolute atomic E-state index is 0.106. The van der Waals surface area contributed by atoms with Crippen molar-refractivity contribution >= 4 is 5.91 Å². The van der Waals surface area contributed by atoms with Crippen molar-refractivity contribution in [1.29, 1.82) is 0 Å². The zero-order chi connectivity index (χ0) is 13.7. The zero-order valence-corrected chi connectivity index (χ0v) is 11.9. The first-order valence-corrected chi connectivity index (χ1v) is 7.31. The molecule has 0 heterocycles. The van der Waals surface area contributed by atoms with E-state index in [0.717, 1.165) is 13.0 Å². The number of carbonyl (C=O) groups excluding carboxylic acids is 1. The topological polar surface area (TPSA) is 41.1 Å². The molecule has 1 aliphatic rings. The second kappa shape index (κ2) is 6.71. The van der Waals surface area contributed by atoms with Crippen LogP contribution in [-0.2, 0) is 4.79 Å². The van der Waals surface area contributed by atoms with Gasteiger partial charge in [-0.3, -0.25) is 4.79 Å². The molecule has 2 rings (SSSR count). The molecule has 0 aromatic heterocycles. The molecule has 3 heteroatoms. The smallest absolute Gasteiger partial charge is 0.237 e. The molecule has 0 aliphatic heterocycles. The minimum Gasteiger partial charge on any atom is -0.348 e. The molecule has 0 spiro atoms. The van der Waals surface area contributed by atoms with Crippen LogP contribution in [0.5, 0.6) is 0 Å². The third-order valence-electron chi connectivity index (χ3n) is 3.64. The molecule has 19 heavy (non-hydrogen) atoms. The zero-order valence-electron chi connectivity index (χ0n) is 11.9. The molecule has 1 aromatic rings. The van der Waals surface area contributed by atoms with Crippen molar-refractivity contribution in [3.8, 4) is 0 Å². The average Bonchev–Trinajstić information content (AvgIpc) is 3.27. The Kier molecular flexibility index (Phi) is 4.97. The van der Waals surface area contributed by atoms with Crippen molar-refractivity contribution in [3.05, 3.63) is 35.9 Å². The van der Waals surface area contributed by atoms with E-state index in [1.807, 2.05) is 25.1 Å². The lowest BCUT2D eigenvalue weighted by atomic mass is 10.0. The minimum atomic E-state index is -0.120. The number of nitrogens with one attached hydrogen (secondary N) is 2. The molecular formula is C16H24N2O. The first-order chi connectivity index (χ1) is 9.22. The van der Waals surface area contributed by atoms with Gasteiger partial charge in [-0.15, -0.1) is 0 Å². The third-order valence-corrected chi connectivity index (χ3v) is 3.64. The van der Waals surface area contributed by atoms with Crippen molar-refractivity contribution in [2.75, 3.05) is 6.54 Å². The number of hydrogen-bond donors (Lipinski definition) is 2. The normalized spacial score (nSPS) is 17.8. The van der Waals surface area contributed by atoms with Crippen LogP contribution in [0.2, 0.25) is 0 Å². The molecule has 2 unspecified atom stereocenters. The summed E-state index contributed by atoms with van der Waals surface area (Å²) in [6, 6.07) is 10.4. The van der Waals surface area contributed by atoms with Gasteiger partial charge in [-0.25, -0.2) is 0 Å². The molecule has 1 fully saturated rings. The van der Waals surface area contributed by atoms with E-state index in [1.54, 1.807) is 0 Å². The summed E-state index contributed by atoms with van der Waals surface area (Å²) in [5, 5.41) is 6.44. The first kappa shape index (κ1) is 14.1. The molecule has 1 aromatic carbocycles. The van der Waals surface area contributed by atoms with Crippen molar-refractivity contribution in [2.45, 2.75) is 45.2 Å². The molecule has 0 saturated heterocycles. The first-order valence-electron chi connectivity index (χ1n) is 7.31. The summed E-state index contributed by atoms with van der Waals surface area (Å²) in [6.45, 7) is 4.92. The molecule has 2 N–H and O–H groups in total. The molecule has 2 atom stereocenters. The highest BCUT2D eigenvalue weighted by atomic mass is 16.2. The van der Waals surface area contributed by atoms with E-state index in [2.05, 4.69) is 29.7 Å². The van der Waals surface area contributed by atoms with Crippen LogP contribution in [0.3, 0.4) is 0 Å². The quantitative estimate of drug-likeness (QED) is 0.791. The lowest BCUT2D eigenvalue weighted by molar-refractivity contribution is -0.123. The SMILES string of the molecule is CCCNC(C)C(=O)NC(c1ccccc1)C1CC1. The average molecular weight is 260 g/mol. The van der Waals surface area contributed by atoms with Crippen molar-refractivity contribution in [2.24, 2.45) is 5.92 Å². The highest BCUT2D eigenvalue weighted by Gasteiger charge is 2.33. The van der Waals surface area contributed by atoms with Crippen LogP contribution in [0.4, 0.5) is 0 Å². The second-order valence-corrected chi connectivity index (χ2v) is 5.41. The van der Waals surface area contributed by atoms with Gasteiger partial charge in [-0.2, -0.15) is 0 Å². The summed E-state index contributed by atoms with van der Waals surface area (Å²) in [6.07, 6.45) is 3.48. The highest BCUT2D eigenvalue weighted by Crippen LogP contribution is 2.40. The summed E-state index contributed by atoms with van der Waals surface area (Å²) < 4.78 is 0. The number of carbonyl (C=O) groups is 1. The number of rotatable bonds is 7. The van der Waals surface area contributed by atoms with E-state index in [4.69, 9.17) is 0 Å². The molecular weight excluding hydrogens is 236 g/mol. The standard InChI is InChI=1S/C16H24N2O/c1-3-11-17-12(2)16(19)18-15(14-9-10-14)13-7-5-4-6-8-13/h4-8,12,14-15,17H,3,9-11H2,1-2H3,(H,18,19).